The number of methoxy groups -OCH3 is 4. The molecule has 0 radical (unpaired) electrons. The van der Waals surface area contributed by atoms with Crippen molar-refractivity contribution >= 4 is 23.9 Å². The first kappa shape index (κ1) is 31.7. The molecule has 0 aromatic carbocycles. The summed E-state index contributed by atoms with van der Waals surface area (Å²) in [6.45, 7) is 5.31. The molecule has 0 saturated carbocycles. The second-order valence-corrected chi connectivity index (χ2v) is 7.92. The summed E-state index contributed by atoms with van der Waals surface area (Å²) >= 11 is 0. The number of nitrogens with one attached hydrogen (secondary N) is 1. The maximum atomic E-state index is 11.9. The van der Waals surface area contributed by atoms with Gasteiger partial charge in [0.25, 0.3) is 0 Å². The van der Waals surface area contributed by atoms with Crippen LogP contribution in [0.3, 0.4) is 0 Å². The summed E-state index contributed by atoms with van der Waals surface area (Å²) in [6, 6.07) is 0. The predicted molar refractivity (Wildman–Crippen MR) is 125 cm³/mol. The lowest BCUT2D eigenvalue weighted by molar-refractivity contribution is -0.925. The summed E-state index contributed by atoms with van der Waals surface area (Å²) in [5, 5.41) is 3.27. The number of nitrogens with zero attached hydrogens (tertiary/aromatic N) is 2. The summed E-state index contributed by atoms with van der Waals surface area (Å²) < 4.78 is 19.6. The number of hydrogen-bond donors (Lipinski definition) is 2. The molecule has 0 aromatic rings. The van der Waals surface area contributed by atoms with Gasteiger partial charge in [0.05, 0.1) is 80.3 Å². The molecule has 0 aliphatic heterocycles. The lowest BCUT2D eigenvalue weighted by atomic mass is 10.2. The van der Waals surface area contributed by atoms with E-state index in [0.29, 0.717) is 69.9 Å². The van der Waals surface area contributed by atoms with Gasteiger partial charge in [0.1, 0.15) is 0 Å². The molecule has 0 rings (SSSR count). The monoisotopic (exact) mass is 491 g/mol. The zero-order valence-corrected chi connectivity index (χ0v) is 21.1. The highest BCUT2D eigenvalue weighted by Gasteiger charge is 2.30. The summed E-state index contributed by atoms with van der Waals surface area (Å²) in [5.74, 6) is -1.34. The van der Waals surface area contributed by atoms with Gasteiger partial charge >= 0.3 is 23.9 Å². The molecule has 0 amide bonds. The third-order valence-electron chi connectivity index (χ3n) is 5.73. The number of carbonyl (C=O) groups excluding carboxylic acids is 4. The average molecular weight is 492 g/mol. The van der Waals surface area contributed by atoms with Crippen LogP contribution in [-0.4, -0.2) is 127 Å². The molecular weight excluding hydrogens is 448 g/mol. The molecule has 0 saturated heterocycles. The molecule has 198 valence electrons. The van der Waals surface area contributed by atoms with Gasteiger partial charge in [-0.15, -0.1) is 0 Å². The SMILES string of the molecule is COC(=O)CCN(CCC(=O)OC)CC[N+](CCNCCN)(CCC(=O)OC)CCC(=O)OC. The van der Waals surface area contributed by atoms with Crippen molar-refractivity contribution in [1.82, 2.24) is 10.2 Å². The zero-order valence-electron chi connectivity index (χ0n) is 21.1. The summed E-state index contributed by atoms with van der Waals surface area (Å²) in [4.78, 5) is 49.2. The van der Waals surface area contributed by atoms with Crippen LogP contribution in [-0.2, 0) is 38.1 Å². The Kier molecular flexibility index (Phi) is 17.8. The number of esters is 4. The van der Waals surface area contributed by atoms with E-state index in [1.165, 1.54) is 28.4 Å². The first-order chi connectivity index (χ1) is 16.2. The summed E-state index contributed by atoms with van der Waals surface area (Å²) in [5.41, 5.74) is 5.58. The Balaban J connectivity index is 5.55. The first-order valence-corrected chi connectivity index (χ1v) is 11.5. The van der Waals surface area contributed by atoms with Crippen molar-refractivity contribution in [2.75, 3.05) is 93.9 Å². The minimum absolute atomic E-state index is 0.181. The second kappa shape index (κ2) is 19.1. The normalized spacial score (nSPS) is 11.2. The Labute approximate surface area is 202 Å². The molecule has 0 aliphatic carbocycles. The molecule has 12 heteroatoms. The highest BCUT2D eigenvalue weighted by molar-refractivity contribution is 5.70. The lowest BCUT2D eigenvalue weighted by Gasteiger charge is -2.40. The maximum absolute atomic E-state index is 11.9. The van der Waals surface area contributed by atoms with E-state index in [9.17, 15) is 19.2 Å². The Morgan fingerprint density at radius 2 is 1.09 bits per heavy atom. The number of nitrogens with two attached hydrogens (primary N) is 1. The maximum Gasteiger partial charge on any atom is 0.311 e. The Hall–Kier alpha value is -2.28. The van der Waals surface area contributed by atoms with Crippen LogP contribution >= 0.6 is 0 Å². The van der Waals surface area contributed by atoms with Crippen molar-refractivity contribution < 1.29 is 42.6 Å². The van der Waals surface area contributed by atoms with Crippen LogP contribution in [0.25, 0.3) is 0 Å². The van der Waals surface area contributed by atoms with E-state index in [1.54, 1.807) is 0 Å². The molecule has 0 aromatic heterocycles. The van der Waals surface area contributed by atoms with Gasteiger partial charge in [-0.25, -0.2) is 0 Å². The molecule has 0 fully saturated rings. The van der Waals surface area contributed by atoms with Crippen molar-refractivity contribution in [3.05, 3.63) is 0 Å². The predicted octanol–water partition coefficient (Wildman–Crippen LogP) is -1.09. The van der Waals surface area contributed by atoms with Crippen LogP contribution in [0.2, 0.25) is 0 Å². The van der Waals surface area contributed by atoms with Crippen molar-refractivity contribution in [3.63, 3.8) is 0 Å². The number of rotatable bonds is 20. The molecule has 12 nitrogen and oxygen atoms in total. The van der Waals surface area contributed by atoms with E-state index in [0.717, 1.165) is 0 Å². The minimum atomic E-state index is -0.341. The van der Waals surface area contributed by atoms with E-state index >= 15 is 0 Å². The van der Waals surface area contributed by atoms with E-state index in [2.05, 4.69) is 5.32 Å². The minimum Gasteiger partial charge on any atom is -0.469 e. The fourth-order valence-corrected chi connectivity index (χ4v) is 3.47. The van der Waals surface area contributed by atoms with E-state index in [1.807, 2.05) is 4.90 Å². The topological polar surface area (TPSA) is 146 Å². The average Bonchev–Trinajstić information content (AvgIpc) is 2.86. The quantitative estimate of drug-likeness (QED) is 0.0926. The van der Waals surface area contributed by atoms with Gasteiger partial charge < -0.3 is 34.5 Å². The van der Waals surface area contributed by atoms with Gasteiger partial charge in [-0.3, -0.25) is 24.1 Å². The lowest BCUT2D eigenvalue weighted by Crippen LogP contribution is -2.56. The van der Waals surface area contributed by atoms with E-state index in [-0.39, 0.29) is 49.6 Å². The van der Waals surface area contributed by atoms with Gasteiger partial charge in [0.2, 0.25) is 0 Å². The van der Waals surface area contributed by atoms with Gasteiger partial charge in [-0.05, 0) is 0 Å². The fraction of sp³-hybridized carbons (Fsp3) is 0.818. The van der Waals surface area contributed by atoms with Crippen LogP contribution in [0, 0.1) is 0 Å². The number of carbonyl (C=O) groups is 4. The standard InChI is InChI=1S/C22H43N4O8/c1-31-19(27)5-12-25(13-6-20(28)32-2)14-18-26(15-7-21(29)33-3,16-8-22(30)34-4)17-11-24-10-9-23/h24H,5-18,23H2,1-4H3/q+1. The molecular formula is C22H43N4O8+. The van der Waals surface area contributed by atoms with Crippen LogP contribution in [0.5, 0.6) is 0 Å². The van der Waals surface area contributed by atoms with Crippen LogP contribution in [0.1, 0.15) is 25.7 Å². The Bertz CT molecular complexity index is 578. The molecule has 0 spiro atoms. The molecule has 3 N–H and O–H groups in total. The van der Waals surface area contributed by atoms with Crippen molar-refractivity contribution in [2.45, 2.75) is 25.7 Å². The van der Waals surface area contributed by atoms with Gasteiger partial charge in [-0.1, -0.05) is 0 Å². The molecule has 0 aliphatic rings. The highest BCUT2D eigenvalue weighted by atomic mass is 16.5. The Morgan fingerprint density at radius 3 is 1.50 bits per heavy atom. The largest absolute Gasteiger partial charge is 0.469 e. The second-order valence-electron chi connectivity index (χ2n) is 7.92. The number of quaternary nitrogens is 1. The van der Waals surface area contributed by atoms with Crippen LogP contribution < -0.4 is 11.1 Å². The summed E-state index contributed by atoms with van der Waals surface area (Å²) in [7, 11) is 5.35. The van der Waals surface area contributed by atoms with Crippen molar-refractivity contribution in [3.8, 4) is 0 Å². The third-order valence-corrected chi connectivity index (χ3v) is 5.73. The molecule has 0 atom stereocenters. The van der Waals surface area contributed by atoms with Gasteiger partial charge in [-0.2, -0.15) is 0 Å². The Morgan fingerprint density at radius 1 is 0.647 bits per heavy atom. The number of hydrogen-bond acceptors (Lipinski definition) is 11. The zero-order chi connectivity index (χ0) is 25.8. The van der Waals surface area contributed by atoms with Crippen LogP contribution in [0.4, 0.5) is 0 Å². The summed E-state index contributed by atoms with van der Waals surface area (Å²) in [6.07, 6.45) is 0.748. The molecule has 34 heavy (non-hydrogen) atoms. The van der Waals surface area contributed by atoms with Crippen LogP contribution in [0.15, 0.2) is 0 Å². The highest BCUT2D eigenvalue weighted by Crippen LogP contribution is 2.13. The molecule has 0 unspecified atom stereocenters. The van der Waals surface area contributed by atoms with Gasteiger partial charge in [0.15, 0.2) is 0 Å². The molecule has 0 heterocycles. The number of ether oxygens (including phenoxy) is 4. The van der Waals surface area contributed by atoms with E-state index < -0.39 is 0 Å². The van der Waals surface area contributed by atoms with Crippen molar-refractivity contribution in [2.24, 2.45) is 5.73 Å². The molecule has 0 bridgehead atoms. The van der Waals surface area contributed by atoms with E-state index in [4.69, 9.17) is 24.7 Å². The smallest absolute Gasteiger partial charge is 0.311 e. The first-order valence-electron chi connectivity index (χ1n) is 11.5. The third kappa shape index (κ3) is 14.8. The van der Waals surface area contributed by atoms with Gasteiger partial charge in [0, 0.05) is 39.3 Å². The van der Waals surface area contributed by atoms with Crippen molar-refractivity contribution in [1.29, 1.82) is 0 Å². The fourth-order valence-electron chi connectivity index (χ4n) is 3.47.